The number of anilines is 1. The van der Waals surface area contributed by atoms with Crippen LogP contribution in [0.3, 0.4) is 0 Å². The van der Waals surface area contributed by atoms with Gasteiger partial charge in [-0.05, 0) is 48.7 Å². The average Bonchev–Trinajstić information content (AvgIpc) is 3.47. The molecular formula is C26H26FN5O. The van der Waals surface area contributed by atoms with Crippen molar-refractivity contribution in [1.29, 1.82) is 0 Å². The molecule has 0 aliphatic carbocycles. The van der Waals surface area contributed by atoms with Crippen molar-refractivity contribution in [3.05, 3.63) is 77.5 Å². The van der Waals surface area contributed by atoms with Crippen molar-refractivity contribution in [3.8, 4) is 11.1 Å². The van der Waals surface area contributed by atoms with Gasteiger partial charge in [0.1, 0.15) is 11.5 Å². The number of nitrogens with one attached hydrogen (secondary N) is 1. The highest BCUT2D eigenvalue weighted by Gasteiger charge is 2.32. The van der Waals surface area contributed by atoms with E-state index in [9.17, 15) is 9.18 Å². The first kappa shape index (κ1) is 21.1. The van der Waals surface area contributed by atoms with Crippen molar-refractivity contribution >= 4 is 22.8 Å². The molecule has 2 aromatic carbocycles. The zero-order chi connectivity index (χ0) is 23.1. The quantitative estimate of drug-likeness (QED) is 0.494. The summed E-state index contributed by atoms with van der Waals surface area (Å²) in [5, 5.41) is 1.07. The number of hydrogen-bond donors (Lipinski definition) is 1. The van der Waals surface area contributed by atoms with Crippen LogP contribution in [0.5, 0.6) is 0 Å². The minimum Gasteiger partial charge on any atom is -0.351 e. The number of fused-ring (bicyclic) bond motifs is 1. The number of nitrogens with zero attached hydrogens (tertiary/aromatic N) is 4. The molecule has 1 saturated heterocycles. The van der Waals surface area contributed by atoms with Crippen molar-refractivity contribution in [3.63, 3.8) is 0 Å². The summed E-state index contributed by atoms with van der Waals surface area (Å²) in [5.74, 6) is 0.329. The molecule has 1 aliphatic heterocycles. The highest BCUT2D eigenvalue weighted by molar-refractivity contribution is 5.99. The third-order valence-corrected chi connectivity index (χ3v) is 6.32. The highest BCUT2D eigenvalue weighted by Crippen LogP contribution is 2.35. The Bertz CT molecular complexity index is 1350. The molecule has 7 heteroatoms. The molecule has 1 amide bonds. The lowest BCUT2D eigenvalue weighted by Gasteiger charge is -2.19. The molecule has 1 atom stereocenters. The lowest BCUT2D eigenvalue weighted by molar-refractivity contribution is 0.0786. The summed E-state index contributed by atoms with van der Waals surface area (Å²) in [6.07, 6.45) is 2.55. The Hall–Kier alpha value is -3.74. The summed E-state index contributed by atoms with van der Waals surface area (Å²) in [4.78, 5) is 29.6. The number of halogens is 1. The molecule has 3 heterocycles. The van der Waals surface area contributed by atoms with Crippen molar-refractivity contribution in [1.82, 2.24) is 19.9 Å². The van der Waals surface area contributed by atoms with E-state index in [1.54, 1.807) is 12.3 Å². The number of rotatable bonds is 4. The molecule has 6 nitrogen and oxygen atoms in total. The lowest BCUT2D eigenvalue weighted by Crippen LogP contribution is -2.29. The Kier molecular flexibility index (Phi) is 5.32. The Morgan fingerprint density at radius 1 is 1.18 bits per heavy atom. The van der Waals surface area contributed by atoms with E-state index in [0.29, 0.717) is 24.7 Å². The smallest absolute Gasteiger partial charge is 0.270 e. The van der Waals surface area contributed by atoms with Gasteiger partial charge in [0, 0.05) is 55.8 Å². The normalized spacial score (nSPS) is 15.9. The molecular weight excluding hydrogens is 417 g/mol. The monoisotopic (exact) mass is 443 g/mol. The topological polar surface area (TPSA) is 65.1 Å². The maximum atomic E-state index is 13.9. The molecule has 0 spiro atoms. The molecule has 168 valence electrons. The van der Waals surface area contributed by atoms with E-state index in [1.165, 1.54) is 12.1 Å². The second-order valence-corrected chi connectivity index (χ2v) is 8.83. The van der Waals surface area contributed by atoms with E-state index < -0.39 is 0 Å². The van der Waals surface area contributed by atoms with Gasteiger partial charge in [-0.2, -0.15) is 0 Å². The van der Waals surface area contributed by atoms with E-state index in [2.05, 4.69) is 9.97 Å². The van der Waals surface area contributed by atoms with Crippen LogP contribution in [0.15, 0.2) is 54.7 Å². The first-order chi connectivity index (χ1) is 15.9. The number of hydrogen-bond acceptors (Lipinski definition) is 4. The number of carbonyl (C=O) groups excluding carboxylic acids is 1. The number of aromatic amines is 1. The number of aromatic nitrogens is 3. The molecule has 0 unspecified atom stereocenters. The maximum absolute atomic E-state index is 13.9. The highest BCUT2D eigenvalue weighted by atomic mass is 19.1. The van der Waals surface area contributed by atoms with Crippen LogP contribution in [0.25, 0.3) is 22.0 Å². The predicted octanol–water partition coefficient (Wildman–Crippen LogP) is 4.77. The van der Waals surface area contributed by atoms with Crippen LogP contribution in [0.2, 0.25) is 0 Å². The summed E-state index contributed by atoms with van der Waals surface area (Å²) >= 11 is 0. The van der Waals surface area contributed by atoms with E-state index in [1.807, 2.05) is 61.2 Å². The second-order valence-electron chi connectivity index (χ2n) is 8.83. The summed E-state index contributed by atoms with van der Waals surface area (Å²) in [7, 11) is 3.78. The van der Waals surface area contributed by atoms with Crippen LogP contribution in [0, 0.1) is 12.7 Å². The van der Waals surface area contributed by atoms with Gasteiger partial charge in [-0.15, -0.1) is 0 Å². The van der Waals surface area contributed by atoms with E-state index in [4.69, 9.17) is 4.98 Å². The fourth-order valence-corrected chi connectivity index (χ4v) is 4.55. The number of carbonyl (C=O) groups is 1. The van der Waals surface area contributed by atoms with Crippen LogP contribution in [0.1, 0.15) is 34.1 Å². The van der Waals surface area contributed by atoms with Gasteiger partial charge in [0.15, 0.2) is 0 Å². The van der Waals surface area contributed by atoms with Gasteiger partial charge in [-0.25, -0.2) is 14.4 Å². The van der Waals surface area contributed by atoms with Crippen LogP contribution in [-0.4, -0.2) is 52.9 Å². The van der Waals surface area contributed by atoms with Crippen LogP contribution >= 0.6 is 0 Å². The Morgan fingerprint density at radius 2 is 2.00 bits per heavy atom. The van der Waals surface area contributed by atoms with Crippen LogP contribution in [-0.2, 0) is 0 Å². The Labute approximate surface area is 192 Å². The first-order valence-corrected chi connectivity index (χ1v) is 11.1. The minimum absolute atomic E-state index is 0.0118. The molecule has 2 aromatic heterocycles. The first-order valence-electron chi connectivity index (χ1n) is 11.1. The summed E-state index contributed by atoms with van der Waals surface area (Å²) in [5.41, 5.74) is 5.10. The zero-order valence-corrected chi connectivity index (χ0v) is 19.0. The van der Waals surface area contributed by atoms with Gasteiger partial charge in [0.05, 0.1) is 5.69 Å². The SMILES string of the molecule is Cc1cccc2[nH]c(C(=O)N3CC[C@H](c4nc(N(C)C)ncc4-c4cccc(F)c4)C3)cc12. The summed E-state index contributed by atoms with van der Waals surface area (Å²) < 4.78 is 13.9. The van der Waals surface area contributed by atoms with E-state index in [0.717, 1.165) is 39.7 Å². The lowest BCUT2D eigenvalue weighted by atomic mass is 9.96. The van der Waals surface area contributed by atoms with Crippen molar-refractivity contribution in [2.75, 3.05) is 32.1 Å². The molecule has 4 aromatic rings. The number of amides is 1. The predicted molar refractivity (Wildman–Crippen MR) is 128 cm³/mol. The fourth-order valence-electron chi connectivity index (χ4n) is 4.55. The Morgan fingerprint density at radius 3 is 2.76 bits per heavy atom. The molecule has 0 saturated carbocycles. The number of H-pyrrole nitrogens is 1. The van der Waals surface area contributed by atoms with Crippen molar-refractivity contribution in [2.45, 2.75) is 19.3 Å². The third-order valence-electron chi connectivity index (χ3n) is 6.32. The second kappa shape index (κ2) is 8.31. The Balaban J connectivity index is 1.46. The zero-order valence-electron chi connectivity index (χ0n) is 19.0. The third kappa shape index (κ3) is 3.95. The van der Waals surface area contributed by atoms with E-state index >= 15 is 0 Å². The standard InChI is InChI=1S/C26H26FN5O/c1-16-6-4-9-22-20(16)13-23(29-22)25(33)32-11-10-18(15-32)24-21(14-28-26(30-24)31(2)3)17-7-5-8-19(27)12-17/h4-9,12-14,18,29H,10-11,15H2,1-3H3/t18-/m0/s1. The van der Waals surface area contributed by atoms with Gasteiger partial charge >= 0.3 is 0 Å². The van der Waals surface area contributed by atoms with Gasteiger partial charge in [0.2, 0.25) is 5.95 Å². The van der Waals surface area contributed by atoms with Gasteiger partial charge < -0.3 is 14.8 Å². The minimum atomic E-state index is -0.299. The van der Waals surface area contributed by atoms with Gasteiger partial charge in [-0.1, -0.05) is 24.3 Å². The molecule has 1 aliphatic rings. The van der Waals surface area contributed by atoms with Crippen molar-refractivity contribution in [2.24, 2.45) is 0 Å². The number of benzene rings is 2. The molecule has 0 radical (unpaired) electrons. The molecule has 33 heavy (non-hydrogen) atoms. The molecule has 1 N–H and O–H groups in total. The van der Waals surface area contributed by atoms with Crippen LogP contribution in [0.4, 0.5) is 10.3 Å². The van der Waals surface area contributed by atoms with E-state index in [-0.39, 0.29) is 17.6 Å². The molecule has 0 bridgehead atoms. The molecule has 5 rings (SSSR count). The maximum Gasteiger partial charge on any atom is 0.270 e. The van der Waals surface area contributed by atoms with Crippen LogP contribution < -0.4 is 4.90 Å². The fraction of sp³-hybridized carbons (Fsp3) is 0.269. The summed E-state index contributed by atoms with van der Waals surface area (Å²) in [6, 6.07) is 14.4. The summed E-state index contributed by atoms with van der Waals surface area (Å²) in [6.45, 7) is 3.24. The van der Waals surface area contributed by atoms with Crippen molar-refractivity contribution < 1.29 is 9.18 Å². The van der Waals surface area contributed by atoms with Gasteiger partial charge in [-0.3, -0.25) is 4.79 Å². The number of aryl methyl sites for hydroxylation is 1. The molecule has 1 fully saturated rings. The average molecular weight is 444 g/mol. The largest absolute Gasteiger partial charge is 0.351 e. The van der Waals surface area contributed by atoms with Gasteiger partial charge in [0.25, 0.3) is 5.91 Å². The number of likely N-dealkylation sites (tertiary alicyclic amines) is 1.